The number of thiophene rings is 1. The van der Waals surface area contributed by atoms with Gasteiger partial charge in [-0.15, -0.1) is 23.1 Å². The van der Waals surface area contributed by atoms with E-state index in [4.69, 9.17) is 10.5 Å². The van der Waals surface area contributed by atoms with Crippen molar-refractivity contribution in [3.8, 4) is 0 Å². The Morgan fingerprint density at radius 1 is 1.58 bits per heavy atom. The zero-order chi connectivity index (χ0) is 14.0. The molecule has 1 fully saturated rings. The van der Waals surface area contributed by atoms with Gasteiger partial charge in [0, 0.05) is 13.6 Å². The van der Waals surface area contributed by atoms with Gasteiger partial charge in [-0.2, -0.15) is 0 Å². The van der Waals surface area contributed by atoms with Crippen molar-refractivity contribution in [2.45, 2.75) is 24.2 Å². The number of hydrogen-bond acceptors (Lipinski definition) is 6. The topological polar surface area (TPSA) is 55.6 Å². The van der Waals surface area contributed by atoms with Crippen LogP contribution in [0.15, 0.2) is 4.90 Å². The molecule has 1 heterocycles. The highest BCUT2D eigenvalue weighted by Crippen LogP contribution is 2.44. The largest absolute Gasteiger partial charge is 0.465 e. The third kappa shape index (κ3) is 2.84. The standard InChI is InChI=1S/C13H20N2O2S2/c1-15(7-8-5-4-6-8)12-10(18-3)9(14)11(19-12)13(16)17-2/h8H,4-7,14H2,1-3H3. The number of methoxy groups -OCH3 is 1. The van der Waals surface area contributed by atoms with Crippen molar-refractivity contribution in [2.75, 3.05) is 37.6 Å². The molecule has 0 aromatic carbocycles. The molecule has 1 aliphatic rings. The van der Waals surface area contributed by atoms with Crippen molar-refractivity contribution in [1.82, 2.24) is 0 Å². The summed E-state index contributed by atoms with van der Waals surface area (Å²) in [6, 6.07) is 0. The zero-order valence-corrected chi connectivity index (χ0v) is 13.2. The molecule has 1 saturated carbocycles. The molecular weight excluding hydrogens is 280 g/mol. The van der Waals surface area contributed by atoms with E-state index in [1.807, 2.05) is 6.26 Å². The number of anilines is 2. The van der Waals surface area contributed by atoms with Gasteiger partial charge in [0.05, 0.1) is 17.7 Å². The minimum Gasteiger partial charge on any atom is -0.465 e. The maximum Gasteiger partial charge on any atom is 0.350 e. The van der Waals surface area contributed by atoms with Crippen LogP contribution >= 0.6 is 23.1 Å². The second-order valence-electron chi connectivity index (χ2n) is 4.85. The van der Waals surface area contributed by atoms with Gasteiger partial charge in [-0.1, -0.05) is 6.42 Å². The van der Waals surface area contributed by atoms with Gasteiger partial charge in [0.1, 0.15) is 9.88 Å². The van der Waals surface area contributed by atoms with Crippen LogP contribution in [-0.2, 0) is 4.74 Å². The number of nitrogens with two attached hydrogens (primary N) is 1. The first-order valence-electron chi connectivity index (χ1n) is 6.34. The number of carbonyl (C=O) groups excluding carboxylic acids is 1. The van der Waals surface area contributed by atoms with Crippen LogP contribution in [0.3, 0.4) is 0 Å². The molecule has 2 rings (SSSR count). The average Bonchev–Trinajstić information content (AvgIpc) is 2.69. The minimum absolute atomic E-state index is 0.346. The van der Waals surface area contributed by atoms with E-state index in [9.17, 15) is 4.79 Å². The predicted molar refractivity (Wildman–Crippen MR) is 82.5 cm³/mol. The van der Waals surface area contributed by atoms with Gasteiger partial charge >= 0.3 is 5.97 Å². The summed E-state index contributed by atoms with van der Waals surface area (Å²) in [5.74, 6) is 0.436. The van der Waals surface area contributed by atoms with Crippen LogP contribution in [0, 0.1) is 5.92 Å². The van der Waals surface area contributed by atoms with Crippen molar-refractivity contribution < 1.29 is 9.53 Å². The molecule has 6 heteroatoms. The van der Waals surface area contributed by atoms with Gasteiger partial charge < -0.3 is 15.4 Å². The van der Waals surface area contributed by atoms with Gasteiger partial charge in [0.15, 0.2) is 0 Å². The Labute approximate surface area is 122 Å². The highest BCUT2D eigenvalue weighted by molar-refractivity contribution is 7.99. The first kappa shape index (κ1) is 14.5. The molecule has 0 radical (unpaired) electrons. The van der Waals surface area contributed by atoms with Crippen molar-refractivity contribution in [3.63, 3.8) is 0 Å². The van der Waals surface area contributed by atoms with E-state index >= 15 is 0 Å². The summed E-state index contributed by atoms with van der Waals surface area (Å²) < 4.78 is 4.79. The van der Waals surface area contributed by atoms with E-state index < -0.39 is 0 Å². The molecule has 0 amide bonds. The number of nitrogen functional groups attached to an aromatic ring is 1. The Hall–Kier alpha value is -0.880. The maximum absolute atomic E-state index is 11.7. The van der Waals surface area contributed by atoms with E-state index in [1.165, 1.54) is 37.7 Å². The second kappa shape index (κ2) is 6.05. The monoisotopic (exact) mass is 300 g/mol. The Balaban J connectivity index is 2.24. The summed E-state index contributed by atoms with van der Waals surface area (Å²) in [4.78, 5) is 15.4. The number of hydrogen-bond donors (Lipinski definition) is 1. The number of thioether (sulfide) groups is 1. The molecule has 1 aliphatic carbocycles. The highest BCUT2D eigenvalue weighted by atomic mass is 32.2. The van der Waals surface area contributed by atoms with Crippen LogP contribution in [0.4, 0.5) is 10.7 Å². The molecule has 106 valence electrons. The summed E-state index contributed by atoms with van der Waals surface area (Å²) in [5.41, 5.74) is 6.62. The van der Waals surface area contributed by atoms with Gasteiger partial charge in [-0.25, -0.2) is 4.79 Å². The van der Waals surface area contributed by atoms with E-state index in [0.717, 1.165) is 22.4 Å². The van der Waals surface area contributed by atoms with Crippen molar-refractivity contribution in [2.24, 2.45) is 5.92 Å². The summed E-state index contributed by atoms with van der Waals surface area (Å²) in [6.45, 7) is 1.04. The quantitative estimate of drug-likeness (QED) is 0.669. The zero-order valence-electron chi connectivity index (χ0n) is 11.6. The lowest BCUT2D eigenvalue weighted by Gasteiger charge is -2.31. The lowest BCUT2D eigenvalue weighted by Crippen LogP contribution is -2.29. The summed E-state index contributed by atoms with van der Waals surface area (Å²) in [7, 11) is 3.46. The van der Waals surface area contributed by atoms with E-state index in [0.29, 0.717) is 10.6 Å². The molecular formula is C13H20N2O2S2. The molecule has 0 unspecified atom stereocenters. The third-order valence-electron chi connectivity index (χ3n) is 3.56. The molecule has 1 aromatic heterocycles. The summed E-state index contributed by atoms with van der Waals surface area (Å²) >= 11 is 3.02. The van der Waals surface area contributed by atoms with Crippen molar-refractivity contribution in [3.05, 3.63) is 4.88 Å². The first-order chi connectivity index (χ1) is 9.08. The van der Waals surface area contributed by atoms with Gasteiger partial charge in [0.2, 0.25) is 0 Å². The van der Waals surface area contributed by atoms with E-state index in [2.05, 4.69) is 11.9 Å². The molecule has 1 aromatic rings. The number of ether oxygens (including phenoxy) is 1. The normalized spacial score (nSPS) is 15.1. The van der Waals surface area contributed by atoms with E-state index in [-0.39, 0.29) is 5.97 Å². The molecule has 0 atom stereocenters. The molecule has 4 nitrogen and oxygen atoms in total. The number of nitrogens with zero attached hydrogens (tertiary/aromatic N) is 1. The van der Waals surface area contributed by atoms with Crippen molar-refractivity contribution >= 4 is 39.8 Å². The number of carbonyl (C=O) groups is 1. The molecule has 0 spiro atoms. The Morgan fingerprint density at radius 2 is 2.26 bits per heavy atom. The Kier molecular flexibility index (Phi) is 4.62. The summed E-state index contributed by atoms with van der Waals surface area (Å²) in [6.07, 6.45) is 5.95. The van der Waals surface area contributed by atoms with E-state index in [1.54, 1.807) is 11.8 Å². The third-order valence-corrected chi connectivity index (χ3v) is 5.81. The SMILES string of the molecule is COC(=O)c1sc(N(C)CC2CCC2)c(SC)c1N. The molecule has 0 bridgehead atoms. The van der Waals surface area contributed by atoms with Gasteiger partial charge in [-0.05, 0) is 25.0 Å². The van der Waals surface area contributed by atoms with Crippen LogP contribution in [0.1, 0.15) is 28.9 Å². The fraction of sp³-hybridized carbons (Fsp3) is 0.615. The second-order valence-corrected chi connectivity index (χ2v) is 6.67. The number of rotatable bonds is 5. The number of esters is 1. The molecule has 2 N–H and O–H groups in total. The smallest absolute Gasteiger partial charge is 0.350 e. The lowest BCUT2D eigenvalue weighted by molar-refractivity contribution is 0.0607. The molecule has 19 heavy (non-hydrogen) atoms. The van der Waals surface area contributed by atoms with Crippen LogP contribution in [0.25, 0.3) is 0 Å². The Morgan fingerprint density at radius 3 is 2.74 bits per heavy atom. The van der Waals surface area contributed by atoms with Crippen LogP contribution in [0.5, 0.6) is 0 Å². The highest BCUT2D eigenvalue weighted by Gasteiger charge is 2.25. The Bertz CT molecular complexity index is 469. The average molecular weight is 300 g/mol. The van der Waals surface area contributed by atoms with Crippen LogP contribution in [0.2, 0.25) is 0 Å². The van der Waals surface area contributed by atoms with Crippen molar-refractivity contribution in [1.29, 1.82) is 0 Å². The maximum atomic E-state index is 11.7. The van der Waals surface area contributed by atoms with Crippen LogP contribution in [-0.4, -0.2) is 32.9 Å². The molecule has 0 saturated heterocycles. The summed E-state index contributed by atoms with van der Waals surface area (Å²) in [5, 5.41) is 1.08. The van der Waals surface area contributed by atoms with Gasteiger partial charge in [0.25, 0.3) is 0 Å². The minimum atomic E-state index is -0.346. The fourth-order valence-electron chi connectivity index (χ4n) is 2.25. The lowest BCUT2D eigenvalue weighted by atomic mass is 9.85. The first-order valence-corrected chi connectivity index (χ1v) is 8.38. The van der Waals surface area contributed by atoms with Crippen LogP contribution < -0.4 is 10.6 Å². The molecule has 0 aliphatic heterocycles. The fourth-order valence-corrected chi connectivity index (χ4v) is 4.35. The van der Waals surface area contributed by atoms with Gasteiger partial charge in [-0.3, -0.25) is 0 Å². The predicted octanol–water partition coefficient (Wildman–Crippen LogP) is 3.08.